The molecule has 2 aromatic carbocycles. The molecule has 1 aliphatic heterocycles. The Labute approximate surface area is 158 Å². The van der Waals surface area contributed by atoms with E-state index in [9.17, 15) is 9.59 Å². The molecule has 1 atom stereocenters. The lowest BCUT2D eigenvalue weighted by molar-refractivity contribution is -0.917. The molecule has 1 aliphatic rings. The first kappa shape index (κ1) is 18.4. The second-order valence-corrected chi connectivity index (χ2v) is 6.97. The largest absolute Gasteiger partial charge is 0.327 e. The van der Waals surface area contributed by atoms with E-state index in [1.54, 1.807) is 12.1 Å². The van der Waals surface area contributed by atoms with Gasteiger partial charge in [-0.3, -0.25) is 9.59 Å². The van der Waals surface area contributed by atoms with Crippen LogP contribution in [0, 0.1) is 0 Å². The second-order valence-electron chi connectivity index (χ2n) is 6.54. The maximum absolute atomic E-state index is 12.5. The molecule has 2 amide bonds. The lowest BCUT2D eigenvalue weighted by Crippen LogP contribution is -3.19. The monoisotopic (exact) mass is 372 g/mol. The molecule has 1 saturated heterocycles. The lowest BCUT2D eigenvalue weighted by Gasteiger charge is -2.34. The third-order valence-corrected chi connectivity index (χ3v) is 5.05. The van der Waals surface area contributed by atoms with Crippen LogP contribution in [0.4, 0.5) is 5.69 Å². The van der Waals surface area contributed by atoms with Crippen molar-refractivity contribution in [3.8, 4) is 0 Å². The maximum Gasteiger partial charge on any atom is 0.282 e. The van der Waals surface area contributed by atoms with E-state index >= 15 is 0 Å². The van der Waals surface area contributed by atoms with Crippen molar-refractivity contribution >= 4 is 29.1 Å². The molecule has 2 N–H and O–H groups in total. The molecule has 0 saturated carbocycles. The van der Waals surface area contributed by atoms with E-state index in [-0.39, 0.29) is 17.9 Å². The van der Waals surface area contributed by atoms with Crippen LogP contribution in [0.25, 0.3) is 0 Å². The molecule has 6 heteroatoms. The smallest absolute Gasteiger partial charge is 0.282 e. The number of halogens is 1. The minimum Gasteiger partial charge on any atom is -0.327 e. The number of anilines is 1. The molecule has 0 aromatic heterocycles. The molecule has 0 aliphatic carbocycles. The van der Waals surface area contributed by atoms with Gasteiger partial charge in [-0.15, -0.1) is 0 Å². The average molecular weight is 373 g/mol. The van der Waals surface area contributed by atoms with Gasteiger partial charge >= 0.3 is 0 Å². The number of piperazine rings is 1. The molecule has 1 fully saturated rings. The fraction of sp³-hybridized carbons (Fsp3) is 0.300. The first-order valence-electron chi connectivity index (χ1n) is 8.80. The quantitative estimate of drug-likeness (QED) is 0.858. The number of benzene rings is 2. The zero-order valence-corrected chi connectivity index (χ0v) is 15.5. The highest BCUT2D eigenvalue weighted by Crippen LogP contribution is 2.14. The molecule has 0 bridgehead atoms. The number of amides is 2. The van der Waals surface area contributed by atoms with Crippen LogP contribution in [0.2, 0.25) is 5.02 Å². The van der Waals surface area contributed by atoms with E-state index in [4.69, 9.17) is 11.6 Å². The minimum absolute atomic E-state index is 0.0369. The number of hydrogen-bond acceptors (Lipinski definition) is 2. The van der Waals surface area contributed by atoms with Crippen LogP contribution in [0.3, 0.4) is 0 Å². The van der Waals surface area contributed by atoms with Gasteiger partial charge in [0.05, 0.1) is 26.2 Å². The molecule has 0 spiro atoms. The molecular weight excluding hydrogens is 350 g/mol. The summed E-state index contributed by atoms with van der Waals surface area (Å²) in [6.07, 6.45) is 0. The number of nitrogens with one attached hydrogen (secondary N) is 2. The van der Waals surface area contributed by atoms with E-state index in [1.165, 1.54) is 4.90 Å². The van der Waals surface area contributed by atoms with Crippen molar-refractivity contribution in [2.45, 2.75) is 13.0 Å². The van der Waals surface area contributed by atoms with Crippen molar-refractivity contribution in [2.75, 3.05) is 31.5 Å². The fourth-order valence-corrected chi connectivity index (χ4v) is 3.39. The third kappa shape index (κ3) is 4.42. The summed E-state index contributed by atoms with van der Waals surface area (Å²) in [5.41, 5.74) is 1.41. The van der Waals surface area contributed by atoms with Crippen LogP contribution in [0.15, 0.2) is 54.6 Å². The van der Waals surface area contributed by atoms with Gasteiger partial charge in [0.15, 0.2) is 6.04 Å². The Morgan fingerprint density at radius 1 is 1.08 bits per heavy atom. The highest BCUT2D eigenvalue weighted by atomic mass is 35.5. The van der Waals surface area contributed by atoms with E-state index in [2.05, 4.69) is 5.32 Å². The molecule has 3 rings (SSSR count). The first-order valence-corrected chi connectivity index (χ1v) is 9.18. The van der Waals surface area contributed by atoms with Gasteiger partial charge in [-0.05, 0) is 37.3 Å². The van der Waals surface area contributed by atoms with Crippen molar-refractivity contribution in [1.82, 2.24) is 4.90 Å². The third-order valence-electron chi connectivity index (χ3n) is 4.81. The highest BCUT2D eigenvalue weighted by molar-refractivity contribution is 6.30. The van der Waals surface area contributed by atoms with Gasteiger partial charge in [0, 0.05) is 16.3 Å². The van der Waals surface area contributed by atoms with Crippen LogP contribution in [-0.2, 0) is 4.79 Å². The van der Waals surface area contributed by atoms with Crippen molar-refractivity contribution in [3.05, 3.63) is 65.2 Å². The summed E-state index contributed by atoms with van der Waals surface area (Å²) in [5, 5.41) is 3.51. The molecule has 1 heterocycles. The molecule has 2 aromatic rings. The Bertz CT molecular complexity index is 774. The lowest BCUT2D eigenvalue weighted by atomic mass is 10.1. The van der Waals surface area contributed by atoms with Gasteiger partial charge in [0.1, 0.15) is 0 Å². The van der Waals surface area contributed by atoms with Crippen LogP contribution in [0.5, 0.6) is 0 Å². The summed E-state index contributed by atoms with van der Waals surface area (Å²) in [7, 11) is 0. The van der Waals surface area contributed by atoms with Gasteiger partial charge in [0.2, 0.25) is 0 Å². The summed E-state index contributed by atoms with van der Waals surface area (Å²) in [6.45, 7) is 4.73. The minimum atomic E-state index is -0.192. The van der Waals surface area contributed by atoms with Crippen LogP contribution >= 0.6 is 11.6 Å². The average Bonchev–Trinajstić information content (AvgIpc) is 2.67. The Morgan fingerprint density at radius 3 is 2.42 bits per heavy atom. The second kappa shape index (κ2) is 8.34. The first-order chi connectivity index (χ1) is 12.5. The number of quaternary nitrogens is 1. The van der Waals surface area contributed by atoms with Crippen molar-refractivity contribution < 1.29 is 14.5 Å². The molecular formula is C20H23ClN3O2+. The van der Waals surface area contributed by atoms with Gasteiger partial charge in [-0.2, -0.15) is 0 Å². The van der Waals surface area contributed by atoms with E-state index in [1.807, 2.05) is 54.3 Å². The Morgan fingerprint density at radius 2 is 1.77 bits per heavy atom. The standard InChI is InChI=1S/C20H22ClN3O2/c1-15(19(25)22-18-9-5-8-17(21)14-18)23-10-12-24(13-11-23)20(26)16-6-3-2-4-7-16/h2-9,14-15H,10-13H2,1H3,(H,22,25)/p+1/t15-/m0/s1. The summed E-state index contributed by atoms with van der Waals surface area (Å²) >= 11 is 5.96. The Kier molecular flexibility index (Phi) is 5.91. The Balaban J connectivity index is 1.54. The molecule has 0 unspecified atom stereocenters. The van der Waals surface area contributed by atoms with Gasteiger partial charge < -0.3 is 15.1 Å². The summed E-state index contributed by atoms with van der Waals surface area (Å²) in [5.74, 6) is 0.0192. The van der Waals surface area contributed by atoms with E-state index < -0.39 is 0 Å². The molecule has 0 radical (unpaired) electrons. The number of rotatable bonds is 4. The van der Waals surface area contributed by atoms with Crippen molar-refractivity contribution in [2.24, 2.45) is 0 Å². The number of hydrogen-bond donors (Lipinski definition) is 2. The number of nitrogens with zero attached hydrogens (tertiary/aromatic N) is 1. The molecule has 136 valence electrons. The maximum atomic E-state index is 12.5. The van der Waals surface area contributed by atoms with E-state index in [0.29, 0.717) is 29.4 Å². The van der Waals surface area contributed by atoms with Crippen molar-refractivity contribution in [3.63, 3.8) is 0 Å². The highest BCUT2D eigenvalue weighted by Gasteiger charge is 2.31. The Hall–Kier alpha value is -2.37. The predicted molar refractivity (Wildman–Crippen MR) is 103 cm³/mol. The van der Waals surface area contributed by atoms with Gasteiger partial charge in [0.25, 0.3) is 11.8 Å². The molecule has 5 nitrogen and oxygen atoms in total. The fourth-order valence-electron chi connectivity index (χ4n) is 3.20. The SMILES string of the molecule is C[C@@H](C(=O)Nc1cccc(Cl)c1)[NH+]1CCN(C(=O)c2ccccc2)CC1. The van der Waals surface area contributed by atoms with Crippen LogP contribution < -0.4 is 10.2 Å². The van der Waals surface area contributed by atoms with Crippen molar-refractivity contribution in [1.29, 1.82) is 0 Å². The topological polar surface area (TPSA) is 53.9 Å². The zero-order valence-electron chi connectivity index (χ0n) is 14.7. The van der Waals surface area contributed by atoms with Crippen LogP contribution in [-0.4, -0.2) is 48.9 Å². The van der Waals surface area contributed by atoms with Crippen LogP contribution in [0.1, 0.15) is 17.3 Å². The molecule has 26 heavy (non-hydrogen) atoms. The van der Waals surface area contributed by atoms with Gasteiger partial charge in [-0.25, -0.2) is 0 Å². The van der Waals surface area contributed by atoms with Gasteiger partial charge in [-0.1, -0.05) is 35.9 Å². The number of carbonyl (C=O) groups excluding carboxylic acids is 2. The summed E-state index contributed by atoms with van der Waals surface area (Å²) < 4.78 is 0. The predicted octanol–water partition coefficient (Wildman–Crippen LogP) is 1.71. The summed E-state index contributed by atoms with van der Waals surface area (Å²) in [6, 6.07) is 16.3. The number of carbonyl (C=O) groups is 2. The summed E-state index contributed by atoms with van der Waals surface area (Å²) in [4.78, 5) is 28.1. The normalized spacial score (nSPS) is 16.2. The van der Waals surface area contributed by atoms with E-state index in [0.717, 1.165) is 13.1 Å². The zero-order chi connectivity index (χ0) is 18.5.